The van der Waals surface area contributed by atoms with Gasteiger partial charge in [0.15, 0.2) is 5.78 Å². The summed E-state index contributed by atoms with van der Waals surface area (Å²) in [7, 11) is 0. The first-order valence-corrected chi connectivity index (χ1v) is 12.1. The van der Waals surface area contributed by atoms with Gasteiger partial charge in [0.25, 0.3) is 0 Å². The van der Waals surface area contributed by atoms with Crippen LogP contribution in [-0.4, -0.2) is 60.5 Å². The van der Waals surface area contributed by atoms with Gasteiger partial charge in [0.2, 0.25) is 17.7 Å². The molecule has 3 unspecified atom stereocenters. The molecule has 36 heavy (non-hydrogen) atoms. The number of rotatable bonds is 9. The first kappa shape index (κ1) is 26.1. The molecule has 1 saturated carbocycles. The van der Waals surface area contributed by atoms with Crippen LogP contribution in [-0.2, 0) is 23.9 Å². The molecule has 4 rings (SSSR count). The van der Waals surface area contributed by atoms with E-state index in [1.54, 1.807) is 6.92 Å². The number of halogens is 3. The van der Waals surface area contributed by atoms with Gasteiger partial charge in [-0.15, -0.1) is 13.2 Å². The largest absolute Gasteiger partial charge is 0.522 e. The van der Waals surface area contributed by atoms with Crippen LogP contribution in [0.2, 0.25) is 0 Å². The number of likely N-dealkylation sites (tertiary alicyclic amines) is 1. The number of hydrogen-bond acceptors (Lipinski definition) is 5. The summed E-state index contributed by atoms with van der Waals surface area (Å²) in [6.45, 7) is 1.23. The number of carbonyl (C=O) groups is 4. The third-order valence-corrected chi connectivity index (χ3v) is 7.97. The molecule has 0 radical (unpaired) electrons. The highest BCUT2D eigenvalue weighted by atomic mass is 19.4. The molecule has 1 aromatic carbocycles. The summed E-state index contributed by atoms with van der Waals surface area (Å²) >= 11 is 0. The van der Waals surface area contributed by atoms with Crippen LogP contribution in [0, 0.1) is 23.2 Å². The molecule has 196 valence electrons. The predicted molar refractivity (Wildman–Crippen MR) is 121 cm³/mol. The quantitative estimate of drug-likeness (QED) is 0.529. The van der Waals surface area contributed by atoms with E-state index in [0.717, 1.165) is 5.56 Å². The number of nitrogens with two attached hydrogens (primary N) is 1. The summed E-state index contributed by atoms with van der Waals surface area (Å²) < 4.78 is 41.7. The second-order valence-corrected chi connectivity index (χ2v) is 10.2. The number of amides is 3. The normalized spacial score (nSPS) is 29.2. The standard InChI is InChI=1S/C25H30F3N3O5/c1-14(15-5-3-2-4-6-15)23(35)31-13-24(11-19(31)21(29)33)10-18(24)17(9-16-7-8-30-22(16)34)20(32)12-36-25(26,27)28/h2-6,14,16-19H,7-13H2,1H3,(H2,29,33)(H,30,34)/t14-,16+,17-,18?,19?,24?/m0/s1. The van der Waals surface area contributed by atoms with Crippen LogP contribution in [0.1, 0.15) is 44.1 Å². The lowest BCUT2D eigenvalue weighted by Crippen LogP contribution is -2.45. The molecule has 2 saturated heterocycles. The molecule has 1 aromatic rings. The highest BCUT2D eigenvalue weighted by molar-refractivity contribution is 5.91. The number of benzene rings is 1. The molecule has 1 spiro atoms. The fraction of sp³-hybridized carbons (Fsp3) is 0.600. The molecule has 2 aliphatic heterocycles. The van der Waals surface area contributed by atoms with Gasteiger partial charge >= 0.3 is 6.36 Å². The second kappa shape index (κ2) is 9.84. The minimum atomic E-state index is -4.95. The predicted octanol–water partition coefficient (Wildman–Crippen LogP) is 2.13. The van der Waals surface area contributed by atoms with Gasteiger partial charge in [-0.3, -0.25) is 23.9 Å². The van der Waals surface area contributed by atoms with Crippen LogP contribution < -0.4 is 11.1 Å². The Labute approximate surface area is 206 Å². The van der Waals surface area contributed by atoms with E-state index in [0.29, 0.717) is 19.4 Å². The van der Waals surface area contributed by atoms with Crippen molar-refractivity contribution in [2.75, 3.05) is 19.7 Å². The first-order valence-electron chi connectivity index (χ1n) is 12.1. The van der Waals surface area contributed by atoms with Crippen molar-refractivity contribution in [3.8, 4) is 0 Å². The van der Waals surface area contributed by atoms with Crippen LogP contribution in [0.15, 0.2) is 30.3 Å². The van der Waals surface area contributed by atoms with Crippen molar-refractivity contribution < 1.29 is 37.1 Å². The zero-order valence-corrected chi connectivity index (χ0v) is 19.9. The van der Waals surface area contributed by atoms with Gasteiger partial charge in [0, 0.05) is 24.9 Å². The fourth-order valence-electron chi connectivity index (χ4n) is 5.95. The minimum absolute atomic E-state index is 0.105. The van der Waals surface area contributed by atoms with E-state index in [2.05, 4.69) is 10.1 Å². The molecule has 0 aromatic heterocycles. The number of ether oxygens (including phenoxy) is 1. The molecule has 0 bridgehead atoms. The Hall–Kier alpha value is -2.95. The van der Waals surface area contributed by atoms with Crippen LogP contribution in [0.4, 0.5) is 13.2 Å². The Kier molecular flexibility index (Phi) is 7.14. The van der Waals surface area contributed by atoms with Crippen molar-refractivity contribution in [3.05, 3.63) is 35.9 Å². The maximum atomic E-state index is 13.4. The molecular weight excluding hydrogens is 479 g/mol. The summed E-state index contributed by atoms with van der Waals surface area (Å²) in [5.74, 6) is -4.12. The molecule has 3 amide bonds. The van der Waals surface area contributed by atoms with Crippen molar-refractivity contribution in [1.29, 1.82) is 0 Å². The van der Waals surface area contributed by atoms with E-state index in [4.69, 9.17) is 5.73 Å². The molecule has 3 N–H and O–H groups in total. The van der Waals surface area contributed by atoms with Crippen LogP contribution in [0.25, 0.3) is 0 Å². The highest BCUT2D eigenvalue weighted by Crippen LogP contribution is 2.64. The average molecular weight is 510 g/mol. The van der Waals surface area contributed by atoms with Crippen LogP contribution in [0.3, 0.4) is 0 Å². The number of nitrogens with one attached hydrogen (secondary N) is 1. The number of hydrogen-bond donors (Lipinski definition) is 2. The number of Topliss-reactive ketones (excluding diaryl/α,β-unsaturated/α-hetero) is 1. The monoisotopic (exact) mass is 509 g/mol. The summed E-state index contributed by atoms with van der Waals surface area (Å²) in [4.78, 5) is 52.2. The number of nitrogens with zero attached hydrogens (tertiary/aromatic N) is 1. The number of carbonyl (C=O) groups excluding carboxylic acids is 4. The van der Waals surface area contributed by atoms with Gasteiger partial charge in [0.1, 0.15) is 12.6 Å². The van der Waals surface area contributed by atoms with Gasteiger partial charge < -0.3 is 16.0 Å². The van der Waals surface area contributed by atoms with E-state index < -0.39 is 53.9 Å². The molecular formula is C25H30F3N3O5. The molecule has 8 nitrogen and oxygen atoms in total. The maximum Gasteiger partial charge on any atom is 0.522 e. The van der Waals surface area contributed by atoms with Crippen molar-refractivity contribution in [3.63, 3.8) is 0 Å². The highest BCUT2D eigenvalue weighted by Gasteiger charge is 2.65. The lowest BCUT2D eigenvalue weighted by Gasteiger charge is -2.26. The number of alkyl halides is 3. The number of primary amides is 1. The van der Waals surface area contributed by atoms with E-state index in [1.807, 2.05) is 30.3 Å². The molecule has 3 fully saturated rings. The molecule has 11 heteroatoms. The van der Waals surface area contributed by atoms with Crippen LogP contribution >= 0.6 is 0 Å². The zero-order chi connectivity index (χ0) is 26.3. The van der Waals surface area contributed by atoms with Crippen LogP contribution in [0.5, 0.6) is 0 Å². The van der Waals surface area contributed by atoms with Crippen molar-refractivity contribution >= 4 is 23.5 Å². The average Bonchev–Trinajstić information content (AvgIpc) is 3.14. The van der Waals surface area contributed by atoms with Gasteiger partial charge in [-0.1, -0.05) is 30.3 Å². The fourth-order valence-corrected chi connectivity index (χ4v) is 5.95. The summed E-state index contributed by atoms with van der Waals surface area (Å²) in [5, 5.41) is 2.69. The van der Waals surface area contributed by atoms with E-state index >= 15 is 0 Å². The number of ketones is 1. The van der Waals surface area contributed by atoms with E-state index in [-0.39, 0.29) is 37.1 Å². The topological polar surface area (TPSA) is 119 Å². The molecule has 2 heterocycles. The molecule has 3 aliphatic rings. The van der Waals surface area contributed by atoms with Gasteiger partial charge in [-0.25, -0.2) is 0 Å². The molecule has 6 atom stereocenters. The first-order chi connectivity index (χ1) is 16.9. The summed E-state index contributed by atoms with van der Waals surface area (Å²) in [6.07, 6.45) is -3.66. The Morgan fingerprint density at radius 3 is 2.50 bits per heavy atom. The van der Waals surface area contributed by atoms with Gasteiger partial charge in [-0.05, 0) is 49.5 Å². The third kappa shape index (κ3) is 5.40. The molecule has 1 aliphatic carbocycles. The van der Waals surface area contributed by atoms with Crippen molar-refractivity contribution in [1.82, 2.24) is 10.2 Å². The van der Waals surface area contributed by atoms with Gasteiger partial charge in [0.05, 0.1) is 5.92 Å². The lowest BCUT2D eigenvalue weighted by molar-refractivity contribution is -0.321. The van der Waals surface area contributed by atoms with Crippen molar-refractivity contribution in [2.45, 2.75) is 50.9 Å². The Morgan fingerprint density at radius 1 is 1.22 bits per heavy atom. The second-order valence-electron chi connectivity index (χ2n) is 10.2. The minimum Gasteiger partial charge on any atom is -0.368 e. The van der Waals surface area contributed by atoms with Crippen molar-refractivity contribution in [2.24, 2.45) is 28.9 Å². The maximum absolute atomic E-state index is 13.4. The Bertz CT molecular complexity index is 1030. The smallest absolute Gasteiger partial charge is 0.368 e. The van der Waals surface area contributed by atoms with E-state index in [1.165, 1.54) is 4.90 Å². The lowest BCUT2D eigenvalue weighted by atomic mass is 9.83. The van der Waals surface area contributed by atoms with Gasteiger partial charge in [-0.2, -0.15) is 0 Å². The Morgan fingerprint density at radius 2 is 1.92 bits per heavy atom. The van der Waals surface area contributed by atoms with E-state index in [9.17, 15) is 32.3 Å². The Balaban J connectivity index is 1.53. The zero-order valence-electron chi connectivity index (χ0n) is 19.9. The summed E-state index contributed by atoms with van der Waals surface area (Å²) in [5.41, 5.74) is 5.81. The SMILES string of the molecule is C[C@H](C(=O)N1CC2(CC1C(N)=O)CC2[C@H](C[C@H]1CCNC1=O)C(=O)COC(F)(F)F)c1ccccc1. The third-order valence-electron chi connectivity index (χ3n) is 7.97. The summed E-state index contributed by atoms with van der Waals surface area (Å²) in [6, 6.07) is 8.21.